The van der Waals surface area contributed by atoms with Crippen molar-refractivity contribution < 1.29 is 34.1 Å². The number of benzene rings is 2. The highest BCUT2D eigenvalue weighted by Gasteiger charge is 2.57. The molecule has 9 atom stereocenters. The third-order valence-corrected chi connectivity index (χ3v) is 12.9. The number of aliphatic hydroxyl groups is 2. The fourth-order valence-corrected chi connectivity index (χ4v) is 10.2. The van der Waals surface area contributed by atoms with Crippen molar-refractivity contribution in [3.05, 3.63) is 59.2 Å². The Hall–Kier alpha value is -3.48. The first-order chi connectivity index (χ1) is 25.8. The van der Waals surface area contributed by atoms with Crippen LogP contribution in [0.3, 0.4) is 0 Å². The van der Waals surface area contributed by atoms with Gasteiger partial charge in [-0.1, -0.05) is 44.5 Å². The van der Waals surface area contributed by atoms with Crippen LogP contribution in [0.25, 0.3) is 11.1 Å². The molecule has 0 unspecified atom stereocenters. The zero-order valence-electron chi connectivity index (χ0n) is 34.6. The average Bonchev–Trinajstić information content (AvgIpc) is 3.63. The van der Waals surface area contributed by atoms with Gasteiger partial charge in [-0.05, 0) is 107 Å². The van der Waals surface area contributed by atoms with Crippen LogP contribution >= 0.6 is 0 Å². The van der Waals surface area contributed by atoms with Crippen molar-refractivity contribution in [3.63, 3.8) is 0 Å². The summed E-state index contributed by atoms with van der Waals surface area (Å²) in [7, 11) is 5.58. The van der Waals surface area contributed by atoms with E-state index in [0.717, 1.165) is 34.2 Å². The second-order valence-corrected chi connectivity index (χ2v) is 18.4. The Morgan fingerprint density at radius 2 is 1.89 bits per heavy atom. The van der Waals surface area contributed by atoms with Crippen LogP contribution in [-0.2, 0) is 22.6 Å². The molecule has 11 heteroatoms. The van der Waals surface area contributed by atoms with Crippen molar-refractivity contribution in [1.29, 1.82) is 0 Å². The molecule has 55 heavy (non-hydrogen) atoms. The number of likely N-dealkylation sites (N-methyl/N-ethyl adjacent to an activating group) is 1. The molecular formula is C44H64N4O7. The molecule has 2 amide bonds. The number of aliphatic hydroxyl groups excluding tert-OH is 2. The predicted octanol–water partition coefficient (Wildman–Crippen LogP) is 5.36. The quantitative estimate of drug-likeness (QED) is 0.188. The largest absolute Gasteiger partial charge is 0.496 e. The lowest BCUT2D eigenvalue weighted by molar-refractivity contribution is -0.183. The van der Waals surface area contributed by atoms with E-state index in [2.05, 4.69) is 49.0 Å². The number of nitrogens with zero attached hydrogens (tertiary/aromatic N) is 2. The van der Waals surface area contributed by atoms with E-state index in [1.165, 1.54) is 6.42 Å². The van der Waals surface area contributed by atoms with Gasteiger partial charge in [0.05, 0.1) is 31.9 Å². The number of ether oxygens (including phenoxy) is 2. The summed E-state index contributed by atoms with van der Waals surface area (Å²) in [5.41, 5.74) is 4.50. The number of methoxy groups -OCH3 is 1. The van der Waals surface area contributed by atoms with Gasteiger partial charge < -0.3 is 35.2 Å². The molecule has 3 saturated carbocycles. The minimum atomic E-state index is -0.905. The molecule has 2 aromatic carbocycles. The topological polar surface area (TPSA) is 133 Å². The standard InChI is InChI=1S/C44H64N4O7/c1-24(2)15-31(22-47(9)10)45-41(51)33-17-28(16-29-20-43(5,6)54-40(29)33)32-14-12-13-27(39(32)53-11)21-48-38(37(26(4)50)36(23-49)55-48)42(52)46-35-19-30-18-34(25(35)3)44(30,7)8/h12-14,16-17,25-26,30-31,34-38,49-50H,1,15,18-23H2,2-11H3,(H,45,51)(H,46,52)/t25-,26-,30+,31-,34-,35-,36-,37+,38-/m0/s1. The van der Waals surface area contributed by atoms with E-state index < -0.39 is 29.8 Å². The molecular weight excluding hydrogens is 697 g/mol. The van der Waals surface area contributed by atoms with E-state index in [1.54, 1.807) is 19.1 Å². The van der Waals surface area contributed by atoms with Crippen LogP contribution in [0.5, 0.6) is 11.5 Å². The molecule has 2 bridgehead atoms. The summed E-state index contributed by atoms with van der Waals surface area (Å²) in [6.45, 7) is 19.1. The first-order valence-corrected chi connectivity index (χ1v) is 20.0. The molecule has 2 heterocycles. The predicted molar refractivity (Wildman–Crippen MR) is 214 cm³/mol. The number of carbonyl (C=O) groups is 2. The molecule has 3 aliphatic carbocycles. The number of hydrogen-bond donors (Lipinski definition) is 4. The summed E-state index contributed by atoms with van der Waals surface area (Å²) >= 11 is 0. The van der Waals surface area contributed by atoms with Crippen molar-refractivity contribution in [2.75, 3.05) is 34.4 Å². The van der Waals surface area contributed by atoms with Crippen molar-refractivity contribution in [2.24, 2.45) is 29.1 Å². The van der Waals surface area contributed by atoms with Crippen LogP contribution in [0.15, 0.2) is 42.5 Å². The van der Waals surface area contributed by atoms with Gasteiger partial charge in [0.1, 0.15) is 29.2 Å². The molecule has 302 valence electrons. The van der Waals surface area contributed by atoms with Crippen LogP contribution in [-0.4, -0.2) is 102 Å². The van der Waals surface area contributed by atoms with Crippen molar-refractivity contribution in [1.82, 2.24) is 20.6 Å². The Labute approximate surface area is 327 Å². The van der Waals surface area contributed by atoms with Crippen LogP contribution < -0.4 is 20.1 Å². The first kappa shape index (κ1) is 41.2. The number of hydrogen-bond acceptors (Lipinski definition) is 9. The van der Waals surface area contributed by atoms with Gasteiger partial charge in [0.2, 0.25) is 5.91 Å². The molecule has 5 aliphatic rings. The number of carbonyl (C=O) groups excluding carboxylic acids is 2. The third kappa shape index (κ3) is 8.19. The van der Waals surface area contributed by atoms with Gasteiger partial charge in [0.15, 0.2) is 0 Å². The van der Waals surface area contributed by atoms with Gasteiger partial charge in [-0.15, -0.1) is 6.58 Å². The Morgan fingerprint density at radius 1 is 1.16 bits per heavy atom. The van der Waals surface area contributed by atoms with Gasteiger partial charge >= 0.3 is 0 Å². The number of hydroxylamine groups is 2. The monoisotopic (exact) mass is 760 g/mol. The molecule has 11 nitrogen and oxygen atoms in total. The molecule has 2 aromatic rings. The van der Waals surface area contributed by atoms with E-state index in [-0.39, 0.29) is 42.5 Å². The minimum Gasteiger partial charge on any atom is -0.496 e. The summed E-state index contributed by atoms with van der Waals surface area (Å²) in [5, 5.41) is 29.6. The van der Waals surface area contributed by atoms with Gasteiger partial charge in [-0.2, -0.15) is 5.06 Å². The van der Waals surface area contributed by atoms with Gasteiger partial charge in [0.25, 0.3) is 5.91 Å². The summed E-state index contributed by atoms with van der Waals surface area (Å²) in [6.07, 6.45) is 1.74. The van der Waals surface area contributed by atoms with E-state index in [1.807, 2.05) is 59.1 Å². The highest BCUT2D eigenvalue weighted by Crippen LogP contribution is 2.61. The normalized spacial score (nSPS) is 28.8. The van der Waals surface area contributed by atoms with E-state index in [4.69, 9.17) is 14.3 Å². The lowest BCUT2D eigenvalue weighted by atomic mass is 9.45. The maximum atomic E-state index is 14.3. The second kappa shape index (κ2) is 15.8. The number of rotatable bonds is 14. The molecule has 2 aliphatic heterocycles. The maximum absolute atomic E-state index is 14.3. The van der Waals surface area contributed by atoms with Crippen molar-refractivity contribution in [2.45, 2.75) is 117 Å². The van der Waals surface area contributed by atoms with Crippen LogP contribution in [0, 0.1) is 29.1 Å². The van der Waals surface area contributed by atoms with Gasteiger partial charge in [-0.25, -0.2) is 0 Å². The number of fused-ring (bicyclic) bond motifs is 3. The highest BCUT2D eigenvalue weighted by molar-refractivity contribution is 5.99. The van der Waals surface area contributed by atoms with Crippen LogP contribution in [0.4, 0.5) is 0 Å². The highest BCUT2D eigenvalue weighted by atomic mass is 16.7. The molecule has 0 aromatic heterocycles. The van der Waals surface area contributed by atoms with E-state index in [0.29, 0.717) is 54.2 Å². The van der Waals surface area contributed by atoms with Crippen LogP contribution in [0.1, 0.15) is 89.2 Å². The third-order valence-electron chi connectivity index (χ3n) is 12.9. The zero-order chi connectivity index (χ0) is 40.1. The molecule has 1 saturated heterocycles. The summed E-state index contributed by atoms with van der Waals surface area (Å²) in [6, 6.07) is 8.82. The number of amides is 2. The van der Waals surface area contributed by atoms with Crippen molar-refractivity contribution >= 4 is 11.8 Å². The Kier molecular flexibility index (Phi) is 11.8. The number of para-hydroxylation sites is 1. The van der Waals surface area contributed by atoms with E-state index >= 15 is 0 Å². The molecule has 4 N–H and O–H groups in total. The van der Waals surface area contributed by atoms with Crippen LogP contribution in [0.2, 0.25) is 0 Å². The average molecular weight is 761 g/mol. The Balaban J connectivity index is 1.32. The molecule has 4 fully saturated rings. The second-order valence-electron chi connectivity index (χ2n) is 18.4. The Morgan fingerprint density at radius 3 is 2.49 bits per heavy atom. The SMILES string of the molecule is C=C(C)C[C@@H](CN(C)C)NC(=O)c1cc(-c2cccc(CN3O[C@@H](CO)[C@@H]([C@H](C)O)[C@H]3C(=O)N[C@H]3C[C@H]4C[C@@H]([C@@H]3C)C4(C)C)c2OC)cc2c1OC(C)(C)C2. The van der Waals surface area contributed by atoms with E-state index in [9.17, 15) is 19.8 Å². The fourth-order valence-electron chi connectivity index (χ4n) is 10.2. The van der Waals surface area contributed by atoms with Gasteiger partial charge in [0, 0.05) is 42.1 Å². The first-order valence-electron chi connectivity index (χ1n) is 20.0. The van der Waals surface area contributed by atoms with Gasteiger partial charge in [-0.3, -0.25) is 14.4 Å². The summed E-state index contributed by atoms with van der Waals surface area (Å²) in [5.74, 6) is 1.55. The molecule has 0 radical (unpaired) electrons. The molecule has 0 spiro atoms. The van der Waals surface area contributed by atoms with Crippen molar-refractivity contribution in [3.8, 4) is 22.6 Å². The summed E-state index contributed by atoms with van der Waals surface area (Å²) in [4.78, 5) is 36.8. The lowest BCUT2D eigenvalue weighted by Crippen LogP contribution is -2.62. The zero-order valence-corrected chi connectivity index (χ0v) is 34.6. The minimum absolute atomic E-state index is 0.0333. The Bertz CT molecular complexity index is 1770. The smallest absolute Gasteiger partial charge is 0.255 e. The fraction of sp³-hybridized carbons (Fsp3) is 0.636. The summed E-state index contributed by atoms with van der Waals surface area (Å²) < 4.78 is 12.5. The lowest BCUT2D eigenvalue weighted by Gasteiger charge is -2.62. The number of nitrogens with one attached hydrogen (secondary N) is 2. The maximum Gasteiger partial charge on any atom is 0.255 e. The molecule has 7 rings (SSSR count).